The fourth-order valence-corrected chi connectivity index (χ4v) is 9.94. The number of anilines is 3. The highest BCUT2D eigenvalue weighted by molar-refractivity contribution is 7.99. The third-order valence-corrected chi connectivity index (χ3v) is 11.9. The number of fused-ring (bicyclic) bond motifs is 15. The largest absolute Gasteiger partial charge is 0.308 e. The average molecular weight is 654 g/mol. The molecule has 0 saturated carbocycles. The van der Waals surface area contributed by atoms with Gasteiger partial charge >= 0.3 is 0 Å². The monoisotopic (exact) mass is 653 g/mol. The quantitative estimate of drug-likeness (QED) is 0.184. The van der Waals surface area contributed by atoms with E-state index in [0.29, 0.717) is 0 Å². The molecular formula is C46H27N3S. The van der Waals surface area contributed by atoms with Crippen LogP contribution in [0.25, 0.3) is 76.4 Å². The summed E-state index contributed by atoms with van der Waals surface area (Å²) in [5, 5.41) is 10.4. The molecule has 3 aromatic heterocycles. The summed E-state index contributed by atoms with van der Waals surface area (Å²) in [4.78, 5) is 4.90. The van der Waals surface area contributed by atoms with Crippen LogP contribution in [0.4, 0.5) is 17.1 Å². The Morgan fingerprint density at radius 2 is 0.980 bits per heavy atom. The van der Waals surface area contributed by atoms with Crippen molar-refractivity contribution in [1.29, 1.82) is 0 Å². The molecule has 232 valence electrons. The van der Waals surface area contributed by atoms with Crippen LogP contribution in [-0.4, -0.2) is 8.97 Å². The number of hydrogen-bond acceptors (Lipinski definition) is 2. The number of hydrogen-bond donors (Lipinski definition) is 0. The zero-order valence-corrected chi connectivity index (χ0v) is 27.7. The number of aromatic nitrogens is 2. The van der Waals surface area contributed by atoms with E-state index < -0.39 is 0 Å². The smallest absolute Gasteiger partial charge is 0.0795 e. The molecule has 0 amide bonds. The summed E-state index contributed by atoms with van der Waals surface area (Å²) in [6.45, 7) is 0. The Hall–Kier alpha value is -6.23. The van der Waals surface area contributed by atoms with E-state index in [4.69, 9.17) is 0 Å². The van der Waals surface area contributed by atoms with Crippen molar-refractivity contribution in [2.45, 2.75) is 9.79 Å². The molecule has 50 heavy (non-hydrogen) atoms. The van der Waals surface area contributed by atoms with Crippen molar-refractivity contribution in [3.8, 4) is 5.69 Å². The topological polar surface area (TPSA) is 12.6 Å². The van der Waals surface area contributed by atoms with Crippen LogP contribution >= 0.6 is 11.8 Å². The minimum atomic E-state index is 1.16. The maximum atomic E-state index is 2.56. The van der Waals surface area contributed by atoms with Crippen molar-refractivity contribution >= 4 is 99.5 Å². The van der Waals surface area contributed by atoms with Crippen molar-refractivity contribution in [2.24, 2.45) is 0 Å². The molecule has 3 nitrogen and oxygen atoms in total. The first-order chi connectivity index (χ1) is 24.8. The maximum Gasteiger partial charge on any atom is 0.0795 e. The molecule has 0 aliphatic carbocycles. The van der Waals surface area contributed by atoms with Crippen LogP contribution in [-0.2, 0) is 0 Å². The Kier molecular flexibility index (Phi) is 5.17. The Balaban J connectivity index is 1.26. The summed E-state index contributed by atoms with van der Waals surface area (Å²) < 4.78 is 5.09. The van der Waals surface area contributed by atoms with Gasteiger partial charge in [-0.05, 0) is 65.4 Å². The molecule has 0 spiro atoms. The lowest BCUT2D eigenvalue weighted by Crippen LogP contribution is -2.15. The van der Waals surface area contributed by atoms with Gasteiger partial charge in [0.2, 0.25) is 0 Å². The predicted molar refractivity (Wildman–Crippen MR) is 212 cm³/mol. The molecule has 11 aromatic rings. The summed E-state index contributed by atoms with van der Waals surface area (Å²) in [5.41, 5.74) is 11.0. The molecule has 0 fully saturated rings. The summed E-state index contributed by atoms with van der Waals surface area (Å²) >= 11 is 1.86. The lowest BCUT2D eigenvalue weighted by molar-refractivity contribution is 1.12. The Morgan fingerprint density at radius 3 is 1.82 bits per heavy atom. The minimum Gasteiger partial charge on any atom is -0.308 e. The van der Waals surface area contributed by atoms with Gasteiger partial charge in [0.05, 0.1) is 39.0 Å². The van der Waals surface area contributed by atoms with Gasteiger partial charge in [0.25, 0.3) is 0 Å². The zero-order valence-electron chi connectivity index (χ0n) is 26.8. The van der Waals surface area contributed by atoms with E-state index >= 15 is 0 Å². The fraction of sp³-hybridized carbons (Fsp3) is 0. The van der Waals surface area contributed by atoms with Crippen LogP contribution in [0.2, 0.25) is 0 Å². The van der Waals surface area contributed by atoms with Crippen LogP contribution in [0.15, 0.2) is 174 Å². The molecular weight excluding hydrogens is 627 g/mol. The third-order valence-electron chi connectivity index (χ3n) is 10.8. The predicted octanol–water partition coefficient (Wildman–Crippen LogP) is 13.0. The fourth-order valence-electron chi connectivity index (χ4n) is 8.85. The summed E-state index contributed by atoms with van der Waals surface area (Å²) in [6.07, 6.45) is 0. The number of benzene rings is 8. The van der Waals surface area contributed by atoms with Gasteiger partial charge in [-0.2, -0.15) is 0 Å². The average Bonchev–Trinajstić information content (AvgIpc) is 3.83. The van der Waals surface area contributed by atoms with E-state index in [1.807, 2.05) is 11.8 Å². The molecule has 1 aliphatic rings. The van der Waals surface area contributed by atoms with Crippen LogP contribution in [0.5, 0.6) is 0 Å². The van der Waals surface area contributed by atoms with E-state index in [1.165, 1.54) is 91.8 Å². The Morgan fingerprint density at radius 1 is 0.360 bits per heavy atom. The highest BCUT2D eigenvalue weighted by Gasteiger charge is 2.28. The third kappa shape index (κ3) is 3.31. The van der Waals surface area contributed by atoms with Gasteiger partial charge in [-0.25, -0.2) is 0 Å². The molecule has 0 bridgehead atoms. The lowest BCUT2D eigenvalue weighted by Gasteiger charge is -2.33. The van der Waals surface area contributed by atoms with E-state index in [-0.39, 0.29) is 0 Å². The van der Waals surface area contributed by atoms with Crippen LogP contribution in [0.3, 0.4) is 0 Å². The molecule has 12 rings (SSSR count). The van der Waals surface area contributed by atoms with E-state index in [2.05, 4.69) is 178 Å². The van der Waals surface area contributed by atoms with Crippen LogP contribution in [0, 0.1) is 0 Å². The van der Waals surface area contributed by atoms with Gasteiger partial charge in [0, 0.05) is 53.5 Å². The standard InChI is InChI=1S/C46H27N3S/c1-2-13-28(14-3-1)47-38-23-10-11-24-40(38)50-41-27-29(25-26-39(41)47)48-37-22-9-7-18-34(37)42-31-16-4-5-17-32(31)43-35-20-12-19-33-30-15-6-8-21-36(30)49(44(33)35)46(43)45(42)48/h1-27H. The zero-order chi connectivity index (χ0) is 32.5. The molecule has 1 aliphatic heterocycles. The van der Waals surface area contributed by atoms with Gasteiger partial charge in [-0.1, -0.05) is 121 Å². The molecule has 4 heteroatoms. The molecule has 0 saturated heterocycles. The second kappa shape index (κ2) is 9.69. The highest BCUT2D eigenvalue weighted by Crippen LogP contribution is 2.53. The van der Waals surface area contributed by atoms with E-state index in [0.717, 1.165) is 11.4 Å². The second-order valence-electron chi connectivity index (χ2n) is 13.3. The van der Waals surface area contributed by atoms with Gasteiger partial charge in [-0.15, -0.1) is 0 Å². The molecule has 0 atom stereocenters. The summed E-state index contributed by atoms with van der Waals surface area (Å²) in [6, 6.07) is 60.2. The normalized spacial score (nSPS) is 13.1. The number of rotatable bonds is 2. The first-order valence-corrected chi connectivity index (χ1v) is 17.9. The molecule has 0 unspecified atom stereocenters. The van der Waals surface area contributed by atoms with E-state index in [9.17, 15) is 0 Å². The maximum absolute atomic E-state index is 2.56. The van der Waals surface area contributed by atoms with Gasteiger partial charge in [0.15, 0.2) is 0 Å². The Labute approximate surface area is 291 Å². The van der Waals surface area contributed by atoms with Crippen LogP contribution < -0.4 is 4.90 Å². The molecule has 0 N–H and O–H groups in total. The van der Waals surface area contributed by atoms with Crippen molar-refractivity contribution in [1.82, 2.24) is 8.97 Å². The molecule has 8 aromatic carbocycles. The number of para-hydroxylation sites is 5. The first kappa shape index (κ1) is 26.7. The molecule has 0 radical (unpaired) electrons. The Bertz CT molecular complexity index is 3180. The molecule has 4 heterocycles. The second-order valence-corrected chi connectivity index (χ2v) is 14.4. The van der Waals surface area contributed by atoms with Crippen LogP contribution in [0.1, 0.15) is 0 Å². The lowest BCUT2D eigenvalue weighted by atomic mass is 9.98. The summed E-state index contributed by atoms with van der Waals surface area (Å²) in [7, 11) is 0. The van der Waals surface area contributed by atoms with Gasteiger partial charge < -0.3 is 13.9 Å². The minimum absolute atomic E-state index is 1.16. The summed E-state index contributed by atoms with van der Waals surface area (Å²) in [5.74, 6) is 0. The van der Waals surface area contributed by atoms with Crippen molar-refractivity contribution in [3.05, 3.63) is 164 Å². The van der Waals surface area contributed by atoms with Crippen molar-refractivity contribution in [2.75, 3.05) is 4.90 Å². The number of nitrogens with zero attached hydrogens (tertiary/aromatic N) is 3. The first-order valence-electron chi connectivity index (χ1n) is 17.1. The SMILES string of the molecule is c1ccc(N2c3ccccc3Sc3cc(-n4c5ccccc5c5c6ccccc6c6c7cccc8c9ccccc9n(c87)c6c54)ccc32)cc1. The highest BCUT2D eigenvalue weighted by atomic mass is 32.2. The van der Waals surface area contributed by atoms with Crippen molar-refractivity contribution in [3.63, 3.8) is 0 Å². The van der Waals surface area contributed by atoms with E-state index in [1.54, 1.807) is 0 Å². The van der Waals surface area contributed by atoms with Gasteiger partial charge in [-0.3, -0.25) is 0 Å². The van der Waals surface area contributed by atoms with Crippen molar-refractivity contribution < 1.29 is 0 Å². The van der Waals surface area contributed by atoms with Gasteiger partial charge in [0.1, 0.15) is 0 Å².